The van der Waals surface area contributed by atoms with Crippen LogP contribution in [-0.4, -0.2) is 42.7 Å². The van der Waals surface area contributed by atoms with Gasteiger partial charge >= 0.3 is 0 Å². The number of piperidine rings is 1. The highest BCUT2D eigenvalue weighted by atomic mass is 16.3. The summed E-state index contributed by atoms with van der Waals surface area (Å²) in [5.74, 6) is -0.179. The van der Waals surface area contributed by atoms with Gasteiger partial charge < -0.3 is 19.7 Å². The largest absolute Gasteiger partial charge is 0.507 e. The lowest BCUT2D eigenvalue weighted by Crippen LogP contribution is -2.52. The first-order valence-electron chi connectivity index (χ1n) is 9.97. The van der Waals surface area contributed by atoms with Crippen LogP contribution in [0, 0.1) is 0 Å². The van der Waals surface area contributed by atoms with Gasteiger partial charge in [-0.05, 0) is 54.8 Å². The highest BCUT2D eigenvalue weighted by Gasteiger charge is 2.50. The first kappa shape index (κ1) is 17.9. The molecule has 0 aliphatic carbocycles. The van der Waals surface area contributed by atoms with E-state index in [4.69, 9.17) is 0 Å². The van der Waals surface area contributed by atoms with Gasteiger partial charge in [0.05, 0.1) is 11.2 Å². The lowest BCUT2D eigenvalue weighted by molar-refractivity contribution is -0.0480. The van der Waals surface area contributed by atoms with Gasteiger partial charge in [0.15, 0.2) is 0 Å². The molecular weight excluding hydrogens is 366 g/mol. The Bertz CT molecular complexity index is 1020. The molecule has 2 bridgehead atoms. The quantitative estimate of drug-likeness (QED) is 0.721. The number of aromatic nitrogens is 2. The molecule has 2 aromatic heterocycles. The lowest BCUT2D eigenvalue weighted by Gasteiger charge is -2.44. The Morgan fingerprint density at radius 3 is 2.31 bits per heavy atom. The summed E-state index contributed by atoms with van der Waals surface area (Å²) < 4.78 is 1.88. The second-order valence-electron chi connectivity index (χ2n) is 8.06. The van der Waals surface area contributed by atoms with Gasteiger partial charge in [-0.1, -0.05) is 0 Å². The summed E-state index contributed by atoms with van der Waals surface area (Å²) in [4.78, 5) is 19.2. The number of hydrogen-bond donors (Lipinski definition) is 2. The monoisotopic (exact) mass is 389 g/mol. The fourth-order valence-corrected chi connectivity index (χ4v) is 4.96. The van der Waals surface area contributed by atoms with Crippen LogP contribution in [0.5, 0.6) is 5.75 Å². The zero-order chi connectivity index (χ0) is 20.0. The van der Waals surface area contributed by atoms with Crippen LogP contribution in [0.15, 0.2) is 67.3 Å². The van der Waals surface area contributed by atoms with E-state index in [2.05, 4.69) is 4.98 Å². The van der Waals surface area contributed by atoms with E-state index in [0.717, 1.165) is 24.1 Å². The number of phenols is 1. The maximum Gasteiger partial charge on any atom is 0.258 e. The number of fused-ring (bicyclic) bond motifs is 2. The van der Waals surface area contributed by atoms with Crippen molar-refractivity contribution in [2.24, 2.45) is 0 Å². The van der Waals surface area contributed by atoms with Crippen LogP contribution in [0.2, 0.25) is 0 Å². The minimum atomic E-state index is -0.939. The summed E-state index contributed by atoms with van der Waals surface area (Å²) in [6.07, 6.45) is 9.90. The zero-order valence-electron chi connectivity index (χ0n) is 16.0. The molecule has 148 valence electrons. The normalized spacial score (nSPS) is 25.9. The zero-order valence-corrected chi connectivity index (χ0v) is 16.0. The number of carbonyl (C=O) groups excluding carboxylic acids is 1. The number of amides is 1. The van der Waals surface area contributed by atoms with Crippen molar-refractivity contribution in [2.75, 3.05) is 0 Å². The standard InChI is InChI=1S/C23H23N3O3/c27-21-13-17(25-11-1-2-12-25)5-6-20(21)22(28)26-18-3-4-19(26)15-23(29,14-18)16-7-9-24-10-8-16/h1-2,5-13,18-19,27,29H,3-4,14-15H2. The molecule has 0 radical (unpaired) electrons. The van der Waals surface area contributed by atoms with Crippen molar-refractivity contribution in [1.29, 1.82) is 0 Å². The Balaban J connectivity index is 1.41. The molecule has 5 rings (SSSR count). The van der Waals surface area contributed by atoms with Crippen LogP contribution in [0.25, 0.3) is 5.69 Å². The number of carbonyl (C=O) groups is 1. The molecule has 2 saturated heterocycles. The molecule has 1 aromatic carbocycles. The number of aromatic hydroxyl groups is 1. The molecule has 2 aliphatic rings. The van der Waals surface area contributed by atoms with Crippen LogP contribution >= 0.6 is 0 Å². The lowest BCUT2D eigenvalue weighted by atomic mass is 9.80. The number of pyridine rings is 1. The van der Waals surface area contributed by atoms with E-state index in [-0.39, 0.29) is 23.7 Å². The van der Waals surface area contributed by atoms with Crippen LogP contribution in [-0.2, 0) is 5.60 Å². The van der Waals surface area contributed by atoms with Crippen molar-refractivity contribution in [3.8, 4) is 11.4 Å². The van der Waals surface area contributed by atoms with E-state index in [9.17, 15) is 15.0 Å². The number of aliphatic hydroxyl groups is 1. The molecular formula is C23H23N3O3. The molecule has 2 atom stereocenters. The summed E-state index contributed by atoms with van der Waals surface area (Å²) in [6.45, 7) is 0. The van der Waals surface area contributed by atoms with Gasteiger partial charge in [0, 0.05) is 61.5 Å². The minimum absolute atomic E-state index is 0.0180. The molecule has 2 fully saturated rings. The molecule has 2 unspecified atom stereocenters. The van der Waals surface area contributed by atoms with Crippen molar-refractivity contribution in [3.05, 3.63) is 78.4 Å². The summed E-state index contributed by atoms with van der Waals surface area (Å²) in [5, 5.41) is 21.8. The maximum atomic E-state index is 13.3. The Morgan fingerprint density at radius 1 is 1.03 bits per heavy atom. The second kappa shape index (κ2) is 6.74. The summed E-state index contributed by atoms with van der Waals surface area (Å²) in [6, 6.07) is 12.6. The third-order valence-corrected chi connectivity index (χ3v) is 6.33. The number of nitrogens with zero attached hydrogens (tertiary/aromatic N) is 3. The smallest absolute Gasteiger partial charge is 0.258 e. The first-order chi connectivity index (χ1) is 14.0. The van der Waals surface area contributed by atoms with Gasteiger partial charge in [0.2, 0.25) is 0 Å². The molecule has 3 aromatic rings. The van der Waals surface area contributed by atoms with Crippen molar-refractivity contribution in [3.63, 3.8) is 0 Å². The predicted molar refractivity (Wildman–Crippen MR) is 108 cm³/mol. The van der Waals surface area contributed by atoms with E-state index in [0.29, 0.717) is 18.4 Å². The van der Waals surface area contributed by atoms with Gasteiger partial charge in [-0.15, -0.1) is 0 Å². The highest BCUT2D eigenvalue weighted by molar-refractivity contribution is 5.97. The molecule has 0 saturated carbocycles. The van der Waals surface area contributed by atoms with E-state index in [1.807, 2.05) is 52.2 Å². The molecule has 4 heterocycles. The van der Waals surface area contributed by atoms with Crippen LogP contribution < -0.4 is 0 Å². The Hall–Kier alpha value is -3.12. The average Bonchev–Trinajstić information content (AvgIpc) is 3.35. The number of rotatable bonds is 3. The topological polar surface area (TPSA) is 78.6 Å². The summed E-state index contributed by atoms with van der Waals surface area (Å²) >= 11 is 0. The summed E-state index contributed by atoms with van der Waals surface area (Å²) in [5.41, 5.74) is 1.03. The van der Waals surface area contributed by atoms with Gasteiger partial charge in [-0.25, -0.2) is 0 Å². The Labute approximate surface area is 169 Å². The second-order valence-corrected chi connectivity index (χ2v) is 8.06. The van der Waals surface area contributed by atoms with Gasteiger partial charge in [-0.3, -0.25) is 9.78 Å². The fraction of sp³-hybridized carbons (Fsp3) is 0.304. The van der Waals surface area contributed by atoms with Crippen molar-refractivity contribution in [2.45, 2.75) is 43.4 Å². The van der Waals surface area contributed by atoms with E-state index < -0.39 is 5.60 Å². The van der Waals surface area contributed by atoms with Crippen molar-refractivity contribution in [1.82, 2.24) is 14.5 Å². The molecule has 6 heteroatoms. The van der Waals surface area contributed by atoms with Crippen LogP contribution in [0.4, 0.5) is 0 Å². The summed E-state index contributed by atoms with van der Waals surface area (Å²) in [7, 11) is 0. The van der Waals surface area contributed by atoms with E-state index >= 15 is 0 Å². The van der Waals surface area contributed by atoms with Crippen LogP contribution in [0.1, 0.15) is 41.6 Å². The molecule has 6 nitrogen and oxygen atoms in total. The molecule has 2 aliphatic heterocycles. The molecule has 29 heavy (non-hydrogen) atoms. The van der Waals surface area contributed by atoms with Gasteiger partial charge in [0.1, 0.15) is 5.75 Å². The molecule has 0 spiro atoms. The molecule has 2 N–H and O–H groups in total. The first-order valence-corrected chi connectivity index (χ1v) is 9.97. The van der Waals surface area contributed by atoms with Crippen molar-refractivity contribution < 1.29 is 15.0 Å². The predicted octanol–water partition coefficient (Wildman–Crippen LogP) is 3.23. The average molecular weight is 389 g/mol. The third-order valence-electron chi connectivity index (χ3n) is 6.33. The maximum absolute atomic E-state index is 13.3. The van der Waals surface area contributed by atoms with Crippen LogP contribution in [0.3, 0.4) is 0 Å². The SMILES string of the molecule is O=C(c1ccc(-n2cccc2)cc1O)N1C2CCC1CC(O)(c1ccncc1)C2. The Morgan fingerprint density at radius 2 is 1.69 bits per heavy atom. The van der Waals surface area contributed by atoms with E-state index in [1.54, 1.807) is 24.5 Å². The van der Waals surface area contributed by atoms with Gasteiger partial charge in [-0.2, -0.15) is 0 Å². The van der Waals surface area contributed by atoms with Gasteiger partial charge in [0.25, 0.3) is 5.91 Å². The third kappa shape index (κ3) is 3.00. The number of hydrogen-bond acceptors (Lipinski definition) is 4. The van der Waals surface area contributed by atoms with E-state index in [1.165, 1.54) is 0 Å². The minimum Gasteiger partial charge on any atom is -0.507 e. The molecule has 1 amide bonds. The highest BCUT2D eigenvalue weighted by Crippen LogP contribution is 2.46. The fourth-order valence-electron chi connectivity index (χ4n) is 4.96. The number of benzene rings is 1. The Kier molecular flexibility index (Phi) is 4.17. The number of phenolic OH excluding ortho intramolecular Hbond substituents is 1. The van der Waals surface area contributed by atoms with Crippen molar-refractivity contribution >= 4 is 5.91 Å².